The highest BCUT2D eigenvalue weighted by Crippen LogP contribution is 2.21. The Balaban J connectivity index is 1.70. The summed E-state index contributed by atoms with van der Waals surface area (Å²) >= 11 is 6.03. The predicted molar refractivity (Wildman–Crippen MR) is 83.9 cm³/mol. The third-order valence-electron chi connectivity index (χ3n) is 3.95. The van der Waals surface area contributed by atoms with Gasteiger partial charge in [-0.15, -0.1) is 0 Å². The van der Waals surface area contributed by atoms with Crippen LogP contribution in [0.1, 0.15) is 18.4 Å². The van der Waals surface area contributed by atoms with Crippen molar-refractivity contribution in [1.29, 1.82) is 0 Å². The highest BCUT2D eigenvalue weighted by Gasteiger charge is 2.24. The van der Waals surface area contributed by atoms with Gasteiger partial charge in [-0.2, -0.15) is 5.10 Å². The maximum Gasteiger partial charge on any atom is 0.0660 e. The van der Waals surface area contributed by atoms with Gasteiger partial charge in [-0.1, -0.05) is 17.7 Å². The molecule has 1 aromatic carbocycles. The second kappa shape index (κ2) is 6.60. The first kappa shape index (κ1) is 14.6. The lowest BCUT2D eigenvalue weighted by Gasteiger charge is -2.22. The molecule has 1 aliphatic rings. The van der Waals surface area contributed by atoms with E-state index < -0.39 is 0 Å². The SMILES string of the molecule is COC[C@@H]1CCCN1Cc1cnn(-c2cccc(Cl)c2)c1. The monoisotopic (exact) mass is 305 g/mol. The number of benzene rings is 1. The van der Waals surface area contributed by atoms with Crippen molar-refractivity contribution in [3.63, 3.8) is 0 Å². The molecule has 1 aromatic heterocycles. The third kappa shape index (κ3) is 3.46. The molecule has 2 aromatic rings. The van der Waals surface area contributed by atoms with Gasteiger partial charge in [0.15, 0.2) is 0 Å². The van der Waals surface area contributed by atoms with Crippen LogP contribution in [0.25, 0.3) is 5.69 Å². The maximum atomic E-state index is 6.03. The predicted octanol–water partition coefficient (Wildman–Crippen LogP) is 3.14. The number of methoxy groups -OCH3 is 1. The molecule has 0 radical (unpaired) electrons. The fourth-order valence-electron chi connectivity index (χ4n) is 2.92. The van der Waals surface area contributed by atoms with Gasteiger partial charge in [0.05, 0.1) is 18.5 Å². The topological polar surface area (TPSA) is 30.3 Å². The summed E-state index contributed by atoms with van der Waals surface area (Å²) in [6.07, 6.45) is 6.48. The lowest BCUT2D eigenvalue weighted by atomic mass is 10.2. The molecule has 1 saturated heterocycles. The molecule has 0 aliphatic carbocycles. The van der Waals surface area contributed by atoms with Gasteiger partial charge in [0, 0.05) is 36.5 Å². The molecule has 0 amide bonds. The molecule has 1 atom stereocenters. The minimum Gasteiger partial charge on any atom is -0.383 e. The Hall–Kier alpha value is -1.36. The smallest absolute Gasteiger partial charge is 0.0660 e. The quantitative estimate of drug-likeness (QED) is 0.850. The minimum atomic E-state index is 0.532. The summed E-state index contributed by atoms with van der Waals surface area (Å²) in [5, 5.41) is 5.17. The summed E-state index contributed by atoms with van der Waals surface area (Å²) in [7, 11) is 1.77. The summed E-state index contributed by atoms with van der Waals surface area (Å²) in [5.41, 5.74) is 2.21. The van der Waals surface area contributed by atoms with E-state index in [9.17, 15) is 0 Å². The zero-order valence-corrected chi connectivity index (χ0v) is 13.0. The van der Waals surface area contributed by atoms with Crippen molar-refractivity contribution in [1.82, 2.24) is 14.7 Å². The molecule has 0 unspecified atom stereocenters. The normalized spacial score (nSPS) is 19.2. The van der Waals surface area contributed by atoms with E-state index in [0.29, 0.717) is 6.04 Å². The van der Waals surface area contributed by atoms with Gasteiger partial charge in [0.2, 0.25) is 0 Å². The van der Waals surface area contributed by atoms with Crippen molar-refractivity contribution < 1.29 is 4.74 Å². The number of hydrogen-bond donors (Lipinski definition) is 0. The van der Waals surface area contributed by atoms with Gasteiger partial charge in [0.1, 0.15) is 0 Å². The van der Waals surface area contributed by atoms with E-state index in [1.54, 1.807) is 7.11 Å². The zero-order chi connectivity index (χ0) is 14.7. The number of likely N-dealkylation sites (tertiary alicyclic amines) is 1. The first-order valence-electron chi connectivity index (χ1n) is 7.29. The van der Waals surface area contributed by atoms with Crippen LogP contribution in [0.3, 0.4) is 0 Å². The summed E-state index contributed by atoms with van der Waals surface area (Å²) < 4.78 is 7.18. The maximum absolute atomic E-state index is 6.03. The molecule has 112 valence electrons. The van der Waals surface area contributed by atoms with Crippen LogP contribution in [-0.4, -0.2) is 41.0 Å². The standard InChI is InChI=1S/C16H20ClN3O/c1-21-12-16-6-3-7-19(16)10-13-9-18-20(11-13)15-5-2-4-14(17)8-15/h2,4-5,8-9,11,16H,3,6-7,10,12H2,1H3/t16-/m0/s1. The van der Waals surface area contributed by atoms with Crippen LogP contribution < -0.4 is 0 Å². The zero-order valence-electron chi connectivity index (χ0n) is 12.2. The third-order valence-corrected chi connectivity index (χ3v) is 4.19. The van der Waals surface area contributed by atoms with Crippen molar-refractivity contribution in [3.05, 3.63) is 47.2 Å². The van der Waals surface area contributed by atoms with Crippen LogP contribution in [-0.2, 0) is 11.3 Å². The van der Waals surface area contributed by atoms with Crippen LogP contribution in [0.15, 0.2) is 36.7 Å². The number of halogens is 1. The Morgan fingerprint density at radius 2 is 2.33 bits per heavy atom. The molecule has 0 saturated carbocycles. The van der Waals surface area contributed by atoms with Gasteiger partial charge in [0.25, 0.3) is 0 Å². The Morgan fingerprint density at radius 1 is 1.43 bits per heavy atom. The summed E-state index contributed by atoms with van der Waals surface area (Å²) in [6.45, 7) is 2.87. The van der Waals surface area contributed by atoms with Crippen molar-refractivity contribution in [2.45, 2.75) is 25.4 Å². The van der Waals surface area contributed by atoms with Crippen LogP contribution in [0.4, 0.5) is 0 Å². The van der Waals surface area contributed by atoms with E-state index in [1.807, 2.05) is 35.1 Å². The van der Waals surface area contributed by atoms with Gasteiger partial charge >= 0.3 is 0 Å². The van der Waals surface area contributed by atoms with E-state index in [-0.39, 0.29) is 0 Å². The van der Waals surface area contributed by atoms with Crippen LogP contribution in [0.2, 0.25) is 5.02 Å². The fourth-order valence-corrected chi connectivity index (χ4v) is 3.11. The number of nitrogens with zero attached hydrogens (tertiary/aromatic N) is 3. The molecule has 5 heteroatoms. The van der Waals surface area contributed by atoms with Crippen LogP contribution >= 0.6 is 11.6 Å². The van der Waals surface area contributed by atoms with Crippen LogP contribution in [0, 0.1) is 0 Å². The molecule has 0 spiro atoms. The molecule has 1 aliphatic heterocycles. The van der Waals surface area contributed by atoms with Crippen LogP contribution in [0.5, 0.6) is 0 Å². The highest BCUT2D eigenvalue weighted by atomic mass is 35.5. The van der Waals surface area contributed by atoms with Gasteiger partial charge < -0.3 is 4.74 Å². The molecule has 21 heavy (non-hydrogen) atoms. The Morgan fingerprint density at radius 3 is 3.14 bits per heavy atom. The second-order valence-electron chi connectivity index (χ2n) is 5.49. The fraction of sp³-hybridized carbons (Fsp3) is 0.438. The molecule has 3 rings (SSSR count). The molecule has 0 bridgehead atoms. The van der Waals surface area contributed by atoms with Crippen molar-refractivity contribution >= 4 is 11.6 Å². The van der Waals surface area contributed by atoms with E-state index in [1.165, 1.54) is 18.4 Å². The molecule has 1 fully saturated rings. The highest BCUT2D eigenvalue weighted by molar-refractivity contribution is 6.30. The molecule has 0 N–H and O–H groups in total. The average Bonchev–Trinajstić information content (AvgIpc) is 3.10. The summed E-state index contributed by atoms with van der Waals surface area (Å²) in [4.78, 5) is 2.48. The lowest BCUT2D eigenvalue weighted by molar-refractivity contribution is 0.112. The van der Waals surface area contributed by atoms with Gasteiger partial charge in [-0.25, -0.2) is 4.68 Å². The molecule has 2 heterocycles. The number of hydrogen-bond acceptors (Lipinski definition) is 3. The summed E-state index contributed by atoms with van der Waals surface area (Å²) in [6, 6.07) is 8.27. The van der Waals surface area contributed by atoms with E-state index >= 15 is 0 Å². The first-order valence-corrected chi connectivity index (χ1v) is 7.66. The Labute approximate surface area is 130 Å². The number of aromatic nitrogens is 2. The summed E-state index contributed by atoms with van der Waals surface area (Å²) in [5.74, 6) is 0. The number of rotatable bonds is 5. The molecular weight excluding hydrogens is 286 g/mol. The van der Waals surface area contributed by atoms with E-state index in [2.05, 4.69) is 16.2 Å². The largest absolute Gasteiger partial charge is 0.383 e. The second-order valence-corrected chi connectivity index (χ2v) is 5.93. The van der Waals surface area contributed by atoms with Crippen molar-refractivity contribution in [2.24, 2.45) is 0 Å². The average molecular weight is 306 g/mol. The lowest BCUT2D eigenvalue weighted by Crippen LogP contribution is -2.32. The first-order chi connectivity index (χ1) is 10.3. The Bertz CT molecular complexity index is 599. The Kier molecular flexibility index (Phi) is 4.58. The molecular formula is C16H20ClN3O. The van der Waals surface area contributed by atoms with Crippen molar-refractivity contribution in [2.75, 3.05) is 20.3 Å². The van der Waals surface area contributed by atoms with Crippen molar-refractivity contribution in [3.8, 4) is 5.69 Å². The van der Waals surface area contributed by atoms with E-state index in [4.69, 9.17) is 16.3 Å². The molecule has 4 nitrogen and oxygen atoms in total. The van der Waals surface area contributed by atoms with E-state index in [0.717, 1.165) is 30.4 Å². The minimum absolute atomic E-state index is 0.532. The van der Waals surface area contributed by atoms with Gasteiger partial charge in [-0.3, -0.25) is 4.90 Å². The number of ether oxygens (including phenoxy) is 1. The van der Waals surface area contributed by atoms with Gasteiger partial charge in [-0.05, 0) is 37.6 Å².